The number of carbonyl (C=O) groups excluding carboxylic acids is 2. The van der Waals surface area contributed by atoms with Gasteiger partial charge >= 0.3 is 0 Å². The van der Waals surface area contributed by atoms with Crippen LogP contribution >= 0.6 is 0 Å². The summed E-state index contributed by atoms with van der Waals surface area (Å²) in [5, 5.41) is 0. The second-order valence-corrected chi connectivity index (χ2v) is 6.91. The summed E-state index contributed by atoms with van der Waals surface area (Å²) in [5.41, 5.74) is 1.19. The smallest absolute Gasteiger partial charge is 0.231 e. The number of carbonyl (C=O) groups is 2. The monoisotopic (exact) mass is 345 g/mol. The lowest BCUT2D eigenvalue weighted by molar-refractivity contribution is -0.148. The van der Waals surface area contributed by atoms with E-state index in [0.717, 1.165) is 44.2 Å². The minimum atomic E-state index is -0.00990. The number of ether oxygens (including phenoxy) is 2. The van der Waals surface area contributed by atoms with Crippen molar-refractivity contribution >= 4 is 11.8 Å². The van der Waals surface area contributed by atoms with E-state index in [2.05, 4.69) is 11.0 Å². The minimum absolute atomic E-state index is 0.00990. The number of hydrogen-bond donors (Lipinski definition) is 0. The predicted octanol–water partition coefficient (Wildman–Crippen LogP) is 0.538. The third-order valence-electron chi connectivity index (χ3n) is 5.20. The number of nitrogens with zero attached hydrogens (tertiary/aromatic N) is 3. The minimum Gasteiger partial charge on any atom is -0.454 e. The Balaban J connectivity index is 1.26. The maximum Gasteiger partial charge on any atom is 0.231 e. The first-order valence-corrected chi connectivity index (χ1v) is 8.75. The number of benzene rings is 1. The maximum absolute atomic E-state index is 12.5. The Kier molecular flexibility index (Phi) is 4.25. The first kappa shape index (κ1) is 16.2. The molecule has 25 heavy (non-hydrogen) atoms. The zero-order valence-electron chi connectivity index (χ0n) is 14.4. The van der Waals surface area contributed by atoms with Crippen LogP contribution in [-0.2, 0) is 16.1 Å². The highest BCUT2D eigenvalue weighted by Gasteiger charge is 2.37. The van der Waals surface area contributed by atoms with Crippen LogP contribution < -0.4 is 9.47 Å². The molecule has 1 aromatic carbocycles. The van der Waals surface area contributed by atoms with E-state index < -0.39 is 0 Å². The predicted molar refractivity (Wildman–Crippen MR) is 90.2 cm³/mol. The van der Waals surface area contributed by atoms with E-state index in [1.807, 2.05) is 17.0 Å². The standard InChI is InChI=1S/C18H23N3O4/c1-13(22)21-10-15(11-21)18(23)20-6-4-19(5-7-20)9-14-2-3-16-17(8-14)25-12-24-16/h2-3,8,15H,4-7,9-12H2,1H3. The van der Waals surface area contributed by atoms with Gasteiger partial charge in [-0.15, -0.1) is 0 Å². The first-order chi connectivity index (χ1) is 12.1. The summed E-state index contributed by atoms with van der Waals surface area (Å²) >= 11 is 0. The van der Waals surface area contributed by atoms with Crippen molar-refractivity contribution in [1.29, 1.82) is 0 Å². The molecule has 0 aliphatic carbocycles. The fourth-order valence-corrected chi connectivity index (χ4v) is 3.57. The Morgan fingerprint density at radius 3 is 2.48 bits per heavy atom. The van der Waals surface area contributed by atoms with Crippen LogP contribution in [0.4, 0.5) is 0 Å². The van der Waals surface area contributed by atoms with Crippen molar-refractivity contribution in [3.05, 3.63) is 23.8 Å². The molecular formula is C18H23N3O4. The van der Waals surface area contributed by atoms with E-state index >= 15 is 0 Å². The molecule has 2 amide bonds. The highest BCUT2D eigenvalue weighted by atomic mass is 16.7. The van der Waals surface area contributed by atoms with Crippen LogP contribution in [0.3, 0.4) is 0 Å². The van der Waals surface area contributed by atoms with Crippen LogP contribution in [0.15, 0.2) is 18.2 Å². The van der Waals surface area contributed by atoms with E-state index in [0.29, 0.717) is 19.9 Å². The Morgan fingerprint density at radius 1 is 1.04 bits per heavy atom. The number of rotatable bonds is 3. The van der Waals surface area contributed by atoms with Gasteiger partial charge in [0.15, 0.2) is 11.5 Å². The second-order valence-electron chi connectivity index (χ2n) is 6.91. The maximum atomic E-state index is 12.5. The number of likely N-dealkylation sites (tertiary alicyclic amines) is 1. The molecule has 0 radical (unpaired) electrons. The number of fused-ring (bicyclic) bond motifs is 1. The average molecular weight is 345 g/mol. The number of piperazine rings is 1. The summed E-state index contributed by atoms with van der Waals surface area (Å²) in [4.78, 5) is 29.7. The highest BCUT2D eigenvalue weighted by molar-refractivity contribution is 5.83. The molecule has 2 fully saturated rings. The van der Waals surface area contributed by atoms with Crippen LogP contribution in [-0.4, -0.2) is 72.6 Å². The van der Waals surface area contributed by atoms with Crippen LogP contribution in [0.25, 0.3) is 0 Å². The van der Waals surface area contributed by atoms with Crippen molar-refractivity contribution in [3.8, 4) is 11.5 Å². The van der Waals surface area contributed by atoms with Crippen molar-refractivity contribution in [3.63, 3.8) is 0 Å². The average Bonchev–Trinajstić information content (AvgIpc) is 3.01. The molecule has 3 heterocycles. The molecule has 0 atom stereocenters. The van der Waals surface area contributed by atoms with Crippen molar-refractivity contribution in [2.45, 2.75) is 13.5 Å². The molecule has 0 unspecified atom stereocenters. The fourth-order valence-electron chi connectivity index (χ4n) is 3.57. The zero-order valence-corrected chi connectivity index (χ0v) is 14.4. The summed E-state index contributed by atoms with van der Waals surface area (Å²) in [6.45, 7) is 7.07. The van der Waals surface area contributed by atoms with Gasteiger partial charge in [-0.05, 0) is 17.7 Å². The van der Waals surface area contributed by atoms with Crippen molar-refractivity contribution in [2.24, 2.45) is 5.92 Å². The lowest BCUT2D eigenvalue weighted by Crippen LogP contribution is -2.58. The van der Waals surface area contributed by atoms with Gasteiger partial charge < -0.3 is 19.3 Å². The van der Waals surface area contributed by atoms with E-state index in [1.54, 1.807) is 11.8 Å². The van der Waals surface area contributed by atoms with Crippen LogP contribution in [0, 0.1) is 5.92 Å². The van der Waals surface area contributed by atoms with Crippen LogP contribution in [0.5, 0.6) is 11.5 Å². The Bertz CT molecular complexity index is 679. The highest BCUT2D eigenvalue weighted by Crippen LogP contribution is 2.32. The van der Waals surface area contributed by atoms with Gasteiger partial charge in [0.1, 0.15) is 0 Å². The van der Waals surface area contributed by atoms with E-state index in [4.69, 9.17) is 9.47 Å². The van der Waals surface area contributed by atoms with Gasteiger partial charge in [-0.2, -0.15) is 0 Å². The largest absolute Gasteiger partial charge is 0.454 e. The van der Waals surface area contributed by atoms with E-state index in [1.165, 1.54) is 5.56 Å². The molecule has 0 aromatic heterocycles. The SMILES string of the molecule is CC(=O)N1CC(C(=O)N2CCN(Cc3ccc4c(c3)OCO4)CC2)C1. The lowest BCUT2D eigenvalue weighted by Gasteiger charge is -2.42. The van der Waals surface area contributed by atoms with Gasteiger partial charge in [0.05, 0.1) is 5.92 Å². The Labute approximate surface area is 147 Å². The molecule has 134 valence electrons. The molecule has 3 aliphatic rings. The van der Waals surface area contributed by atoms with Crippen LogP contribution in [0.2, 0.25) is 0 Å². The molecule has 0 N–H and O–H groups in total. The Morgan fingerprint density at radius 2 is 1.76 bits per heavy atom. The summed E-state index contributed by atoms with van der Waals surface area (Å²) in [7, 11) is 0. The topological polar surface area (TPSA) is 62.3 Å². The van der Waals surface area contributed by atoms with Crippen LogP contribution in [0.1, 0.15) is 12.5 Å². The fraction of sp³-hybridized carbons (Fsp3) is 0.556. The van der Waals surface area contributed by atoms with E-state index in [9.17, 15) is 9.59 Å². The van der Waals surface area contributed by atoms with Gasteiger partial charge in [-0.25, -0.2) is 0 Å². The third kappa shape index (κ3) is 3.28. The molecule has 4 rings (SSSR count). The third-order valence-corrected chi connectivity index (χ3v) is 5.20. The molecule has 7 nitrogen and oxygen atoms in total. The molecule has 1 aromatic rings. The van der Waals surface area contributed by atoms with Gasteiger partial charge in [-0.1, -0.05) is 6.07 Å². The zero-order chi connectivity index (χ0) is 17.4. The number of amides is 2. The summed E-state index contributed by atoms with van der Waals surface area (Å²) in [5.74, 6) is 1.85. The van der Waals surface area contributed by atoms with Gasteiger partial charge in [0.2, 0.25) is 18.6 Å². The lowest BCUT2D eigenvalue weighted by atomic mass is 9.98. The summed E-state index contributed by atoms with van der Waals surface area (Å²) in [6.07, 6.45) is 0. The first-order valence-electron chi connectivity index (χ1n) is 8.75. The van der Waals surface area contributed by atoms with Gasteiger partial charge in [-0.3, -0.25) is 14.5 Å². The second kappa shape index (κ2) is 6.55. The van der Waals surface area contributed by atoms with Gasteiger partial charge in [0.25, 0.3) is 0 Å². The van der Waals surface area contributed by atoms with E-state index in [-0.39, 0.29) is 17.7 Å². The molecule has 0 bridgehead atoms. The molecule has 7 heteroatoms. The molecule has 2 saturated heterocycles. The number of hydrogen-bond acceptors (Lipinski definition) is 5. The van der Waals surface area contributed by atoms with Gasteiger partial charge in [0, 0.05) is 52.7 Å². The van der Waals surface area contributed by atoms with Crippen molar-refractivity contribution in [1.82, 2.24) is 14.7 Å². The van der Waals surface area contributed by atoms with Crippen molar-refractivity contribution in [2.75, 3.05) is 46.1 Å². The van der Waals surface area contributed by atoms with Crippen molar-refractivity contribution < 1.29 is 19.1 Å². The molecule has 0 saturated carbocycles. The quantitative estimate of drug-likeness (QED) is 0.800. The summed E-state index contributed by atoms with van der Waals surface area (Å²) < 4.78 is 10.8. The molecule has 0 spiro atoms. The normalized spacial score (nSPS) is 20.5. The molecular weight excluding hydrogens is 322 g/mol. The Hall–Kier alpha value is -2.28. The summed E-state index contributed by atoms with van der Waals surface area (Å²) in [6, 6.07) is 6.05. The molecule has 3 aliphatic heterocycles.